The first-order chi connectivity index (χ1) is 8.18. The van der Waals surface area contributed by atoms with Crippen molar-refractivity contribution in [3.05, 3.63) is 16.6 Å². The standard InChI is InChI=1S/C10H11Cl2N3O2/c11-8-7(9(12)14-5-13-8)15-10(16)6-1-3-17-4-2-6/h5-6H,1-4H2,(H,15,16). The molecule has 1 aromatic heterocycles. The Hall–Kier alpha value is -0.910. The van der Waals surface area contributed by atoms with Crippen LogP contribution in [0.3, 0.4) is 0 Å². The first kappa shape index (κ1) is 12.5. The topological polar surface area (TPSA) is 64.1 Å². The molecule has 0 aromatic carbocycles. The molecule has 0 unspecified atom stereocenters. The summed E-state index contributed by atoms with van der Waals surface area (Å²) in [6, 6.07) is 0. The van der Waals surface area contributed by atoms with E-state index in [1.165, 1.54) is 6.33 Å². The van der Waals surface area contributed by atoms with Crippen LogP contribution in [0.1, 0.15) is 12.8 Å². The van der Waals surface area contributed by atoms with E-state index in [0.717, 1.165) is 0 Å². The lowest BCUT2D eigenvalue weighted by atomic mass is 9.99. The van der Waals surface area contributed by atoms with Crippen molar-refractivity contribution < 1.29 is 9.53 Å². The van der Waals surface area contributed by atoms with Crippen molar-refractivity contribution >= 4 is 34.8 Å². The summed E-state index contributed by atoms with van der Waals surface area (Å²) in [6.07, 6.45) is 2.65. The second kappa shape index (κ2) is 5.62. The van der Waals surface area contributed by atoms with Gasteiger partial charge in [-0.2, -0.15) is 0 Å². The van der Waals surface area contributed by atoms with Crippen molar-refractivity contribution in [1.82, 2.24) is 9.97 Å². The summed E-state index contributed by atoms with van der Waals surface area (Å²) in [6.45, 7) is 1.20. The van der Waals surface area contributed by atoms with Gasteiger partial charge in [-0.25, -0.2) is 9.97 Å². The number of nitrogens with zero attached hydrogens (tertiary/aromatic N) is 2. The molecule has 0 saturated carbocycles. The van der Waals surface area contributed by atoms with Crippen LogP contribution in [-0.4, -0.2) is 29.1 Å². The Morgan fingerprint density at radius 3 is 2.47 bits per heavy atom. The quantitative estimate of drug-likeness (QED) is 0.840. The molecular weight excluding hydrogens is 265 g/mol. The fourth-order valence-electron chi connectivity index (χ4n) is 1.63. The van der Waals surface area contributed by atoms with E-state index in [1.54, 1.807) is 0 Å². The lowest BCUT2D eigenvalue weighted by Crippen LogP contribution is -2.28. The lowest BCUT2D eigenvalue weighted by Gasteiger charge is -2.21. The zero-order chi connectivity index (χ0) is 12.3. The lowest BCUT2D eigenvalue weighted by molar-refractivity contribution is -0.122. The SMILES string of the molecule is O=C(Nc1c(Cl)ncnc1Cl)C1CCOCC1. The molecule has 1 aliphatic rings. The monoisotopic (exact) mass is 275 g/mol. The van der Waals surface area contributed by atoms with Gasteiger partial charge in [-0.3, -0.25) is 4.79 Å². The van der Waals surface area contributed by atoms with Gasteiger partial charge in [0.05, 0.1) is 0 Å². The summed E-state index contributed by atoms with van der Waals surface area (Å²) >= 11 is 11.7. The van der Waals surface area contributed by atoms with Gasteiger partial charge in [-0.1, -0.05) is 23.2 Å². The maximum atomic E-state index is 11.9. The summed E-state index contributed by atoms with van der Waals surface area (Å²) in [5.74, 6) is -0.192. The molecule has 92 valence electrons. The van der Waals surface area contributed by atoms with Crippen LogP contribution in [-0.2, 0) is 9.53 Å². The van der Waals surface area contributed by atoms with Gasteiger partial charge in [0.15, 0.2) is 10.3 Å². The summed E-state index contributed by atoms with van der Waals surface area (Å²) in [5, 5.41) is 2.95. The number of anilines is 1. The van der Waals surface area contributed by atoms with E-state index in [2.05, 4.69) is 15.3 Å². The number of aromatic nitrogens is 2. The zero-order valence-electron chi connectivity index (χ0n) is 8.95. The molecule has 1 aliphatic heterocycles. The second-order valence-corrected chi connectivity index (χ2v) is 4.42. The molecule has 2 rings (SSSR count). The molecule has 0 aliphatic carbocycles. The number of halogens is 2. The molecule has 1 N–H and O–H groups in total. The van der Waals surface area contributed by atoms with Crippen LogP contribution in [0, 0.1) is 5.92 Å². The Morgan fingerprint density at radius 2 is 1.88 bits per heavy atom. The fourth-order valence-corrected chi connectivity index (χ4v) is 2.04. The van der Waals surface area contributed by atoms with Crippen molar-refractivity contribution in [1.29, 1.82) is 0 Å². The highest BCUT2D eigenvalue weighted by Gasteiger charge is 2.23. The second-order valence-electron chi connectivity index (χ2n) is 3.71. The average Bonchev–Trinajstić information content (AvgIpc) is 2.35. The number of amides is 1. The molecule has 1 saturated heterocycles. The van der Waals surface area contributed by atoms with Crippen LogP contribution in [0.25, 0.3) is 0 Å². The van der Waals surface area contributed by atoms with E-state index in [4.69, 9.17) is 27.9 Å². The zero-order valence-corrected chi connectivity index (χ0v) is 10.5. The van der Waals surface area contributed by atoms with Gasteiger partial charge in [-0.05, 0) is 12.8 Å². The summed E-state index contributed by atoms with van der Waals surface area (Å²) in [7, 11) is 0. The third-order valence-corrected chi connectivity index (χ3v) is 3.17. The first-order valence-corrected chi connectivity index (χ1v) is 5.98. The Morgan fingerprint density at radius 1 is 1.29 bits per heavy atom. The van der Waals surface area contributed by atoms with Gasteiger partial charge in [-0.15, -0.1) is 0 Å². The van der Waals surface area contributed by atoms with E-state index >= 15 is 0 Å². The molecule has 2 heterocycles. The van der Waals surface area contributed by atoms with E-state index in [1.807, 2.05) is 0 Å². The number of hydrogen-bond acceptors (Lipinski definition) is 4. The number of hydrogen-bond donors (Lipinski definition) is 1. The number of ether oxygens (including phenoxy) is 1. The minimum atomic E-state index is -0.119. The minimum absolute atomic E-state index is 0.0731. The fraction of sp³-hybridized carbons (Fsp3) is 0.500. The largest absolute Gasteiger partial charge is 0.381 e. The van der Waals surface area contributed by atoms with Crippen LogP contribution in [0.4, 0.5) is 5.69 Å². The highest BCUT2D eigenvalue weighted by atomic mass is 35.5. The third-order valence-electron chi connectivity index (χ3n) is 2.60. The van der Waals surface area contributed by atoms with Crippen molar-refractivity contribution in [3.63, 3.8) is 0 Å². The molecule has 0 radical (unpaired) electrons. The maximum Gasteiger partial charge on any atom is 0.227 e. The van der Waals surface area contributed by atoms with Crippen LogP contribution in [0.15, 0.2) is 6.33 Å². The number of nitrogens with one attached hydrogen (secondary N) is 1. The predicted octanol–water partition coefficient (Wildman–Crippen LogP) is 2.15. The highest BCUT2D eigenvalue weighted by molar-refractivity contribution is 6.38. The molecule has 0 atom stereocenters. The van der Waals surface area contributed by atoms with Crippen LogP contribution in [0.2, 0.25) is 10.3 Å². The number of carbonyl (C=O) groups excluding carboxylic acids is 1. The van der Waals surface area contributed by atoms with Crippen LogP contribution in [0.5, 0.6) is 0 Å². The van der Waals surface area contributed by atoms with Crippen molar-refractivity contribution in [2.75, 3.05) is 18.5 Å². The Kier molecular flexibility index (Phi) is 4.15. The number of carbonyl (C=O) groups is 1. The van der Waals surface area contributed by atoms with E-state index in [0.29, 0.717) is 26.1 Å². The highest BCUT2D eigenvalue weighted by Crippen LogP contribution is 2.27. The van der Waals surface area contributed by atoms with E-state index in [-0.39, 0.29) is 27.8 Å². The van der Waals surface area contributed by atoms with E-state index < -0.39 is 0 Å². The smallest absolute Gasteiger partial charge is 0.227 e. The van der Waals surface area contributed by atoms with Gasteiger partial charge < -0.3 is 10.1 Å². The predicted molar refractivity (Wildman–Crippen MR) is 64.2 cm³/mol. The summed E-state index contributed by atoms with van der Waals surface area (Å²) < 4.78 is 5.19. The van der Waals surface area contributed by atoms with Crippen molar-refractivity contribution in [2.45, 2.75) is 12.8 Å². The molecule has 0 spiro atoms. The van der Waals surface area contributed by atoms with Crippen molar-refractivity contribution in [3.8, 4) is 0 Å². The molecule has 1 amide bonds. The maximum absolute atomic E-state index is 11.9. The third kappa shape index (κ3) is 3.06. The molecule has 5 nitrogen and oxygen atoms in total. The normalized spacial score (nSPS) is 16.8. The Balaban J connectivity index is 2.07. The molecular formula is C10H11Cl2N3O2. The molecule has 7 heteroatoms. The van der Waals surface area contributed by atoms with Crippen molar-refractivity contribution in [2.24, 2.45) is 5.92 Å². The molecule has 1 aromatic rings. The molecule has 1 fully saturated rings. The summed E-state index contributed by atoms with van der Waals surface area (Å²) in [4.78, 5) is 19.5. The Labute approximate surface area is 108 Å². The van der Waals surface area contributed by atoms with Gasteiger partial charge in [0.25, 0.3) is 0 Å². The van der Waals surface area contributed by atoms with Gasteiger partial charge in [0.2, 0.25) is 5.91 Å². The van der Waals surface area contributed by atoms with Gasteiger partial charge in [0.1, 0.15) is 12.0 Å². The molecule has 17 heavy (non-hydrogen) atoms. The van der Waals surface area contributed by atoms with Crippen LogP contribution >= 0.6 is 23.2 Å². The number of rotatable bonds is 2. The van der Waals surface area contributed by atoms with Gasteiger partial charge >= 0.3 is 0 Å². The first-order valence-electron chi connectivity index (χ1n) is 5.23. The molecule has 0 bridgehead atoms. The van der Waals surface area contributed by atoms with Gasteiger partial charge in [0, 0.05) is 19.1 Å². The minimum Gasteiger partial charge on any atom is -0.381 e. The summed E-state index contributed by atoms with van der Waals surface area (Å²) in [5.41, 5.74) is 0.271. The van der Waals surface area contributed by atoms with Crippen LogP contribution < -0.4 is 5.32 Å². The average molecular weight is 276 g/mol. The Bertz CT molecular complexity index is 402. The van der Waals surface area contributed by atoms with E-state index in [9.17, 15) is 4.79 Å².